The summed E-state index contributed by atoms with van der Waals surface area (Å²) >= 11 is 0. The molecule has 0 aromatic heterocycles. The first kappa shape index (κ1) is 35.4. The van der Waals surface area contributed by atoms with Crippen LogP contribution in [0.3, 0.4) is 0 Å². The Labute approximate surface area is 316 Å². The smallest absolute Gasteiger partial charge is 0.255 e. The van der Waals surface area contributed by atoms with Gasteiger partial charge in [0, 0.05) is 72.9 Å². The molecule has 4 aliphatic heterocycles. The van der Waals surface area contributed by atoms with E-state index < -0.39 is 11.9 Å². The van der Waals surface area contributed by atoms with Crippen molar-refractivity contribution in [3.8, 4) is 23.3 Å². The average molecular weight is 723 g/mol. The van der Waals surface area contributed by atoms with Crippen LogP contribution in [0.25, 0.3) is 0 Å². The highest BCUT2D eigenvalue weighted by Crippen LogP contribution is 2.47. The predicted molar refractivity (Wildman–Crippen MR) is 208 cm³/mol. The lowest BCUT2D eigenvalue weighted by atomic mass is 9.75. The van der Waals surface area contributed by atoms with E-state index in [-0.39, 0.29) is 35.8 Å². The third-order valence-corrected chi connectivity index (χ3v) is 11.5. The fourth-order valence-corrected chi connectivity index (χ4v) is 8.70. The number of hydrogen-bond donors (Lipinski definition) is 2. The van der Waals surface area contributed by atoms with Crippen LogP contribution in [0.2, 0.25) is 0 Å². The van der Waals surface area contributed by atoms with Gasteiger partial charge in [-0.25, -0.2) is 0 Å². The summed E-state index contributed by atoms with van der Waals surface area (Å²) in [6.07, 6.45) is 2.83. The Bertz CT molecular complexity index is 2150. The van der Waals surface area contributed by atoms with E-state index >= 15 is 0 Å². The Morgan fingerprint density at radius 1 is 0.926 bits per heavy atom. The SMILES string of the molecule is Cc1cccc([C@H]2COc3cc(O)ccc3[C@H]2c2ccc(N3CCC(CN(C)CC#Cc4ccc5c(c4)CN(C4CCC(=O)NC4=O)C5=O)CC3)cc2)c1. The van der Waals surface area contributed by atoms with Gasteiger partial charge in [-0.3, -0.25) is 24.6 Å². The predicted octanol–water partition coefficient (Wildman–Crippen LogP) is 5.97. The van der Waals surface area contributed by atoms with Crippen LogP contribution in [0.5, 0.6) is 11.5 Å². The lowest BCUT2D eigenvalue weighted by Gasteiger charge is -2.36. The minimum Gasteiger partial charge on any atom is -0.508 e. The molecule has 8 rings (SSSR count). The zero-order valence-corrected chi connectivity index (χ0v) is 30.9. The monoisotopic (exact) mass is 722 g/mol. The van der Waals surface area contributed by atoms with Gasteiger partial charge in [-0.15, -0.1) is 0 Å². The summed E-state index contributed by atoms with van der Waals surface area (Å²) in [6.45, 7) is 6.70. The van der Waals surface area contributed by atoms with Gasteiger partial charge >= 0.3 is 0 Å². The summed E-state index contributed by atoms with van der Waals surface area (Å²) in [5.74, 6) is 7.60. The van der Waals surface area contributed by atoms with Crippen LogP contribution in [0.4, 0.5) is 5.69 Å². The zero-order chi connectivity index (χ0) is 37.3. The first-order valence-electron chi connectivity index (χ1n) is 19.0. The Morgan fingerprint density at radius 2 is 1.74 bits per heavy atom. The van der Waals surface area contributed by atoms with E-state index in [2.05, 4.69) is 89.5 Å². The molecule has 4 aromatic rings. The second kappa shape index (κ2) is 15.0. The van der Waals surface area contributed by atoms with Crippen molar-refractivity contribution >= 4 is 23.4 Å². The van der Waals surface area contributed by atoms with Crippen molar-refractivity contribution < 1.29 is 24.2 Å². The van der Waals surface area contributed by atoms with E-state index in [1.165, 1.54) is 22.4 Å². The summed E-state index contributed by atoms with van der Waals surface area (Å²) in [4.78, 5) is 43.3. The number of benzene rings is 4. The molecule has 2 fully saturated rings. The van der Waals surface area contributed by atoms with Crippen LogP contribution in [-0.4, -0.2) is 78.5 Å². The topological polar surface area (TPSA) is 102 Å². The molecular formula is C45H46N4O5. The molecule has 4 heterocycles. The molecule has 0 radical (unpaired) electrons. The van der Waals surface area contributed by atoms with Crippen LogP contribution in [0.1, 0.15) is 81.3 Å². The number of rotatable bonds is 7. The lowest BCUT2D eigenvalue weighted by Crippen LogP contribution is -2.52. The van der Waals surface area contributed by atoms with Crippen molar-refractivity contribution in [2.45, 2.75) is 57.0 Å². The molecule has 1 unspecified atom stereocenters. The molecule has 2 saturated heterocycles. The van der Waals surface area contributed by atoms with Gasteiger partial charge < -0.3 is 19.6 Å². The maximum Gasteiger partial charge on any atom is 0.255 e. The number of ether oxygens (including phenoxy) is 1. The largest absolute Gasteiger partial charge is 0.508 e. The van der Waals surface area contributed by atoms with Crippen molar-refractivity contribution in [2.75, 3.05) is 44.7 Å². The maximum atomic E-state index is 13.0. The molecule has 9 nitrogen and oxygen atoms in total. The van der Waals surface area contributed by atoms with Gasteiger partial charge in [0.1, 0.15) is 17.5 Å². The number of amides is 3. The number of carbonyl (C=O) groups is 3. The summed E-state index contributed by atoms with van der Waals surface area (Å²) in [5, 5.41) is 12.5. The third kappa shape index (κ3) is 7.31. The van der Waals surface area contributed by atoms with Crippen molar-refractivity contribution in [2.24, 2.45) is 5.92 Å². The van der Waals surface area contributed by atoms with Crippen molar-refractivity contribution in [1.29, 1.82) is 0 Å². The van der Waals surface area contributed by atoms with Crippen LogP contribution >= 0.6 is 0 Å². The molecule has 0 aliphatic carbocycles. The number of carbonyl (C=O) groups excluding carboxylic acids is 3. The van der Waals surface area contributed by atoms with Gasteiger partial charge in [0.25, 0.3) is 5.91 Å². The average Bonchev–Trinajstić information content (AvgIpc) is 3.49. The van der Waals surface area contributed by atoms with E-state index in [0.717, 1.165) is 54.9 Å². The molecule has 0 saturated carbocycles. The summed E-state index contributed by atoms with van der Waals surface area (Å²) < 4.78 is 6.20. The number of aromatic hydroxyl groups is 1. The molecule has 0 bridgehead atoms. The van der Waals surface area contributed by atoms with Gasteiger partial charge in [0.15, 0.2) is 0 Å². The first-order valence-corrected chi connectivity index (χ1v) is 19.0. The van der Waals surface area contributed by atoms with Gasteiger partial charge in [-0.1, -0.05) is 59.9 Å². The Morgan fingerprint density at radius 3 is 2.52 bits per heavy atom. The second-order valence-electron chi connectivity index (χ2n) is 15.3. The van der Waals surface area contributed by atoms with E-state index in [9.17, 15) is 19.5 Å². The van der Waals surface area contributed by atoms with Gasteiger partial charge in [-0.05, 0) is 92.2 Å². The fraction of sp³-hybridized carbons (Fsp3) is 0.356. The number of aryl methyl sites for hydroxylation is 1. The highest BCUT2D eigenvalue weighted by atomic mass is 16.5. The second-order valence-corrected chi connectivity index (χ2v) is 15.3. The molecule has 3 atom stereocenters. The van der Waals surface area contributed by atoms with E-state index in [0.29, 0.717) is 37.6 Å². The van der Waals surface area contributed by atoms with E-state index in [1.807, 2.05) is 18.2 Å². The Kier molecular flexibility index (Phi) is 9.87. The zero-order valence-electron chi connectivity index (χ0n) is 30.9. The molecule has 4 aliphatic rings. The molecule has 4 aromatic carbocycles. The van der Waals surface area contributed by atoms with Crippen molar-refractivity contribution in [1.82, 2.24) is 15.1 Å². The number of piperidine rings is 2. The van der Waals surface area contributed by atoms with Gasteiger partial charge in [0.2, 0.25) is 11.8 Å². The Balaban J connectivity index is 0.852. The quantitative estimate of drug-likeness (QED) is 0.179. The van der Waals surface area contributed by atoms with Crippen LogP contribution in [-0.2, 0) is 16.1 Å². The van der Waals surface area contributed by atoms with Crippen LogP contribution in [0.15, 0.2) is 84.9 Å². The van der Waals surface area contributed by atoms with Crippen LogP contribution < -0.4 is 15.0 Å². The fourth-order valence-electron chi connectivity index (χ4n) is 8.70. The van der Waals surface area contributed by atoms with E-state index in [1.54, 1.807) is 23.1 Å². The molecule has 2 N–H and O–H groups in total. The maximum absolute atomic E-state index is 13.0. The summed E-state index contributed by atoms with van der Waals surface area (Å²) in [6, 6.07) is 28.3. The number of hydrogen-bond acceptors (Lipinski definition) is 7. The molecule has 276 valence electrons. The number of imide groups is 1. The van der Waals surface area contributed by atoms with Gasteiger partial charge in [0.05, 0.1) is 13.2 Å². The number of fused-ring (bicyclic) bond motifs is 2. The summed E-state index contributed by atoms with van der Waals surface area (Å²) in [5.41, 5.74) is 8.43. The highest BCUT2D eigenvalue weighted by molar-refractivity contribution is 6.05. The molecule has 54 heavy (non-hydrogen) atoms. The van der Waals surface area contributed by atoms with Crippen molar-refractivity contribution in [3.05, 3.63) is 124 Å². The van der Waals surface area contributed by atoms with Crippen LogP contribution in [0, 0.1) is 24.7 Å². The minimum absolute atomic E-state index is 0.122. The number of nitrogens with zero attached hydrogens (tertiary/aromatic N) is 3. The molecule has 0 spiro atoms. The number of nitrogens with one attached hydrogen (secondary N) is 1. The highest BCUT2D eigenvalue weighted by Gasteiger charge is 2.39. The number of anilines is 1. The normalized spacial score (nSPS) is 21.2. The third-order valence-electron chi connectivity index (χ3n) is 11.5. The Hall–Kier alpha value is -5.59. The molecule has 9 heteroatoms. The first-order chi connectivity index (χ1) is 26.2. The number of phenolic OH excluding ortho intramolecular Hbond substituents is 1. The van der Waals surface area contributed by atoms with E-state index in [4.69, 9.17) is 4.74 Å². The number of phenols is 1. The lowest BCUT2D eigenvalue weighted by molar-refractivity contribution is -0.136. The summed E-state index contributed by atoms with van der Waals surface area (Å²) in [7, 11) is 2.12. The standard InChI is InChI=1S/C45H46N4O5/c1-29-5-3-7-33(23-29)39-28-54-41-25-36(50)13-15-38(41)43(39)32-9-11-35(12-10-32)48-21-18-31(19-22-48)26-47(2)20-4-6-30-8-14-37-34(24-30)27-49(45(37)53)40-16-17-42(51)46-44(40)52/h3,5,7-15,23-25,31,39-40,43,50H,16-22,26-28H2,1-2H3,(H,46,51,52)/t39-,40?,43-/m1/s1. The van der Waals surface area contributed by atoms with Crippen molar-refractivity contribution in [3.63, 3.8) is 0 Å². The molecular weight excluding hydrogens is 677 g/mol. The molecule has 3 amide bonds. The minimum atomic E-state index is -0.616. The van der Waals surface area contributed by atoms with Gasteiger partial charge in [-0.2, -0.15) is 0 Å².